The number of morpholine rings is 1. The summed E-state index contributed by atoms with van der Waals surface area (Å²) in [5, 5.41) is 4.24. The third kappa shape index (κ3) is 3.80. The van der Waals surface area contributed by atoms with Gasteiger partial charge in [0.25, 0.3) is 0 Å². The second-order valence-electron chi connectivity index (χ2n) is 7.23. The summed E-state index contributed by atoms with van der Waals surface area (Å²) in [5.74, 6) is 1.46. The summed E-state index contributed by atoms with van der Waals surface area (Å²) >= 11 is 0. The van der Waals surface area contributed by atoms with Crippen molar-refractivity contribution in [3.05, 3.63) is 35.3 Å². The van der Waals surface area contributed by atoms with Gasteiger partial charge >= 0.3 is 0 Å². The summed E-state index contributed by atoms with van der Waals surface area (Å²) in [6, 6.07) is 5.20. The van der Waals surface area contributed by atoms with Crippen molar-refractivity contribution in [3.63, 3.8) is 0 Å². The van der Waals surface area contributed by atoms with E-state index in [1.165, 1.54) is 12.1 Å². The van der Waals surface area contributed by atoms with Crippen LogP contribution >= 0.6 is 0 Å². The normalized spacial score (nSPS) is 22.0. The molecule has 0 amide bonds. The highest BCUT2D eigenvalue weighted by Gasteiger charge is 2.30. The molecule has 4 rings (SSSR count). The van der Waals surface area contributed by atoms with Crippen LogP contribution in [0.2, 0.25) is 0 Å². The first-order valence-electron chi connectivity index (χ1n) is 9.60. The summed E-state index contributed by atoms with van der Waals surface area (Å²) < 4.78 is 24.9. The molecule has 2 saturated heterocycles. The molecule has 0 saturated carbocycles. The number of ether oxygens (including phenoxy) is 1. The van der Waals surface area contributed by atoms with Gasteiger partial charge in [-0.1, -0.05) is 0 Å². The van der Waals surface area contributed by atoms with Gasteiger partial charge in [0.15, 0.2) is 5.96 Å². The van der Waals surface area contributed by atoms with Crippen LogP contribution in [0.25, 0.3) is 11.0 Å². The molecular weight excluding hydrogens is 347 g/mol. The van der Waals surface area contributed by atoms with Crippen LogP contribution in [0.1, 0.15) is 17.7 Å². The number of rotatable bonds is 3. The standard InChI is InChI=1S/C20H27FN4O2/c1-14-17-11-15(21)3-4-18(17)27-19(14)12-23-20(22-2)25-6-5-16(13-25)24-7-9-26-10-8-24/h3-4,11,16H,5-10,12-13H2,1-2H3,(H,22,23). The Morgan fingerprint density at radius 1 is 1.30 bits per heavy atom. The molecule has 7 heteroatoms. The van der Waals surface area contributed by atoms with Gasteiger partial charge in [0.05, 0.1) is 19.8 Å². The number of nitrogens with zero attached hydrogens (tertiary/aromatic N) is 3. The Morgan fingerprint density at radius 2 is 2.11 bits per heavy atom. The largest absolute Gasteiger partial charge is 0.459 e. The molecule has 1 unspecified atom stereocenters. The van der Waals surface area contributed by atoms with Crippen molar-refractivity contribution in [2.24, 2.45) is 4.99 Å². The lowest BCUT2D eigenvalue weighted by molar-refractivity contribution is 0.0195. The van der Waals surface area contributed by atoms with Crippen LogP contribution in [-0.4, -0.2) is 68.2 Å². The Labute approximate surface area is 159 Å². The average Bonchev–Trinajstić information content (AvgIpc) is 3.29. The number of furan rings is 1. The lowest BCUT2D eigenvalue weighted by Gasteiger charge is -2.32. The molecule has 27 heavy (non-hydrogen) atoms. The van der Waals surface area contributed by atoms with Gasteiger partial charge in [-0.3, -0.25) is 9.89 Å². The van der Waals surface area contributed by atoms with Crippen molar-refractivity contribution < 1.29 is 13.5 Å². The van der Waals surface area contributed by atoms with Crippen molar-refractivity contribution in [2.75, 3.05) is 46.4 Å². The molecule has 1 N–H and O–H groups in total. The fourth-order valence-corrected chi connectivity index (χ4v) is 4.08. The van der Waals surface area contributed by atoms with E-state index in [-0.39, 0.29) is 5.82 Å². The van der Waals surface area contributed by atoms with E-state index in [4.69, 9.17) is 9.15 Å². The van der Waals surface area contributed by atoms with Gasteiger partial charge < -0.3 is 19.4 Å². The summed E-state index contributed by atoms with van der Waals surface area (Å²) in [7, 11) is 1.81. The van der Waals surface area contributed by atoms with Crippen LogP contribution in [0.15, 0.2) is 27.6 Å². The van der Waals surface area contributed by atoms with Crippen molar-refractivity contribution in [2.45, 2.75) is 25.9 Å². The number of hydrogen-bond acceptors (Lipinski definition) is 4. The summed E-state index contributed by atoms with van der Waals surface area (Å²) in [6.45, 7) is 8.16. The first-order valence-corrected chi connectivity index (χ1v) is 9.60. The first-order chi connectivity index (χ1) is 13.2. The Hall–Kier alpha value is -2.12. The average molecular weight is 374 g/mol. The van der Waals surface area contributed by atoms with Gasteiger partial charge in [0, 0.05) is 50.2 Å². The number of hydrogen-bond donors (Lipinski definition) is 1. The van der Waals surface area contributed by atoms with E-state index in [2.05, 4.69) is 20.1 Å². The highest BCUT2D eigenvalue weighted by molar-refractivity contribution is 5.83. The minimum Gasteiger partial charge on any atom is -0.459 e. The van der Waals surface area contributed by atoms with Crippen LogP contribution in [0.5, 0.6) is 0 Å². The Kier molecular flexibility index (Phi) is 5.31. The molecule has 2 aromatic rings. The maximum absolute atomic E-state index is 13.5. The molecule has 1 aromatic heterocycles. The van der Waals surface area contributed by atoms with Crippen LogP contribution in [-0.2, 0) is 11.3 Å². The Balaban J connectivity index is 1.39. The number of halogens is 1. The molecule has 2 fully saturated rings. The van der Waals surface area contributed by atoms with Gasteiger partial charge in [-0.05, 0) is 31.5 Å². The molecule has 3 heterocycles. The zero-order chi connectivity index (χ0) is 18.8. The quantitative estimate of drug-likeness (QED) is 0.660. The van der Waals surface area contributed by atoms with E-state index in [0.717, 1.165) is 68.5 Å². The van der Waals surface area contributed by atoms with Crippen molar-refractivity contribution in [3.8, 4) is 0 Å². The van der Waals surface area contributed by atoms with E-state index in [0.29, 0.717) is 18.2 Å². The molecule has 0 bridgehead atoms. The molecule has 0 spiro atoms. The van der Waals surface area contributed by atoms with Gasteiger partial charge in [0.1, 0.15) is 17.2 Å². The molecule has 2 aliphatic heterocycles. The minimum atomic E-state index is -0.243. The lowest BCUT2D eigenvalue weighted by atomic mass is 10.1. The maximum Gasteiger partial charge on any atom is 0.194 e. The SMILES string of the molecule is CN=C(NCc1oc2ccc(F)cc2c1C)N1CCC(N2CCOCC2)C1. The van der Waals surface area contributed by atoms with Gasteiger partial charge in [-0.25, -0.2) is 4.39 Å². The maximum atomic E-state index is 13.5. The first kappa shape index (κ1) is 18.3. The summed E-state index contributed by atoms with van der Waals surface area (Å²) in [6.07, 6.45) is 1.14. The van der Waals surface area contributed by atoms with Crippen molar-refractivity contribution in [1.82, 2.24) is 15.1 Å². The molecular formula is C20H27FN4O2. The number of likely N-dealkylation sites (tertiary alicyclic amines) is 1. The highest BCUT2D eigenvalue weighted by atomic mass is 19.1. The molecule has 2 aliphatic rings. The molecule has 1 atom stereocenters. The van der Waals surface area contributed by atoms with Crippen molar-refractivity contribution in [1.29, 1.82) is 0 Å². The second-order valence-corrected chi connectivity index (χ2v) is 7.23. The van der Waals surface area contributed by atoms with E-state index < -0.39 is 0 Å². The predicted octanol–water partition coefficient (Wildman–Crippen LogP) is 2.36. The van der Waals surface area contributed by atoms with Crippen LogP contribution in [0.4, 0.5) is 4.39 Å². The number of aliphatic imine (C=N–C) groups is 1. The van der Waals surface area contributed by atoms with Crippen LogP contribution in [0.3, 0.4) is 0 Å². The number of nitrogens with one attached hydrogen (secondary N) is 1. The number of aryl methyl sites for hydroxylation is 1. The predicted molar refractivity (Wildman–Crippen MR) is 103 cm³/mol. The number of guanidine groups is 1. The number of benzene rings is 1. The molecule has 1 aromatic carbocycles. The molecule has 6 nitrogen and oxygen atoms in total. The van der Waals surface area contributed by atoms with E-state index in [1.807, 2.05) is 14.0 Å². The van der Waals surface area contributed by atoms with Crippen LogP contribution in [0, 0.1) is 12.7 Å². The van der Waals surface area contributed by atoms with Crippen molar-refractivity contribution >= 4 is 16.9 Å². The minimum absolute atomic E-state index is 0.243. The summed E-state index contributed by atoms with van der Waals surface area (Å²) in [4.78, 5) is 9.27. The van der Waals surface area contributed by atoms with Gasteiger partial charge in [0.2, 0.25) is 0 Å². The van der Waals surface area contributed by atoms with Crippen LogP contribution < -0.4 is 5.32 Å². The van der Waals surface area contributed by atoms with E-state index in [1.54, 1.807) is 6.07 Å². The fraction of sp³-hybridized carbons (Fsp3) is 0.550. The third-order valence-corrected chi connectivity index (χ3v) is 5.64. The monoisotopic (exact) mass is 374 g/mol. The van der Waals surface area contributed by atoms with Gasteiger partial charge in [-0.2, -0.15) is 0 Å². The second kappa shape index (κ2) is 7.86. The topological polar surface area (TPSA) is 53.2 Å². The molecule has 0 radical (unpaired) electrons. The Bertz CT molecular complexity index is 829. The zero-order valence-electron chi connectivity index (χ0n) is 16.0. The van der Waals surface area contributed by atoms with E-state index >= 15 is 0 Å². The van der Waals surface area contributed by atoms with Gasteiger partial charge in [-0.15, -0.1) is 0 Å². The lowest BCUT2D eigenvalue weighted by Crippen LogP contribution is -2.46. The molecule has 146 valence electrons. The molecule has 0 aliphatic carbocycles. The Morgan fingerprint density at radius 3 is 2.89 bits per heavy atom. The fourth-order valence-electron chi connectivity index (χ4n) is 4.08. The summed E-state index contributed by atoms with van der Waals surface area (Å²) in [5.41, 5.74) is 1.69. The third-order valence-electron chi connectivity index (χ3n) is 5.64. The smallest absolute Gasteiger partial charge is 0.194 e. The zero-order valence-corrected chi connectivity index (χ0v) is 16.0. The number of fused-ring (bicyclic) bond motifs is 1. The highest BCUT2D eigenvalue weighted by Crippen LogP contribution is 2.26. The van der Waals surface area contributed by atoms with E-state index in [9.17, 15) is 4.39 Å².